The Morgan fingerprint density at radius 1 is 1.56 bits per heavy atom. The van der Waals surface area contributed by atoms with E-state index in [2.05, 4.69) is 26.2 Å². The van der Waals surface area contributed by atoms with E-state index in [1.807, 2.05) is 11.8 Å². The molecule has 0 unspecified atom stereocenters. The first-order chi connectivity index (χ1) is 8.65. The van der Waals surface area contributed by atoms with E-state index in [1.54, 1.807) is 12.3 Å². The molecular formula is C12H14BrClN2OS. The molecule has 18 heavy (non-hydrogen) atoms. The van der Waals surface area contributed by atoms with E-state index < -0.39 is 0 Å². The van der Waals surface area contributed by atoms with E-state index in [1.165, 1.54) is 11.5 Å². The van der Waals surface area contributed by atoms with Gasteiger partial charge in [-0.15, -0.1) is 0 Å². The second kappa shape index (κ2) is 6.78. The molecule has 0 saturated carbocycles. The number of hydrogen-bond donors (Lipinski definition) is 1. The zero-order valence-corrected chi connectivity index (χ0v) is 12.9. The van der Waals surface area contributed by atoms with Crippen LogP contribution in [0.2, 0.25) is 5.02 Å². The fourth-order valence-corrected chi connectivity index (χ4v) is 3.60. The molecule has 0 aromatic carbocycles. The van der Waals surface area contributed by atoms with Crippen LogP contribution in [0.1, 0.15) is 19.3 Å². The van der Waals surface area contributed by atoms with Gasteiger partial charge in [-0.25, -0.2) is 4.98 Å². The van der Waals surface area contributed by atoms with Crippen molar-refractivity contribution in [3.8, 4) is 0 Å². The molecule has 0 aliphatic carbocycles. The lowest BCUT2D eigenvalue weighted by atomic mass is 9.98. The fraction of sp³-hybridized carbons (Fsp3) is 0.500. The quantitative estimate of drug-likeness (QED) is 0.840. The molecule has 1 aromatic rings. The number of aromatic nitrogens is 1. The molecule has 0 atom stereocenters. The molecule has 6 heteroatoms. The van der Waals surface area contributed by atoms with Gasteiger partial charge in [0.05, 0.1) is 10.7 Å². The number of halogens is 2. The Hall–Kier alpha value is -0.260. The Morgan fingerprint density at radius 2 is 2.28 bits per heavy atom. The van der Waals surface area contributed by atoms with E-state index >= 15 is 0 Å². The molecule has 0 spiro atoms. The maximum absolute atomic E-state index is 11.9. The zero-order valence-electron chi connectivity index (χ0n) is 9.79. The molecule has 1 aromatic heterocycles. The van der Waals surface area contributed by atoms with Crippen LogP contribution in [-0.4, -0.2) is 22.4 Å². The highest BCUT2D eigenvalue weighted by atomic mass is 79.9. The minimum atomic E-state index is 0.0386. The van der Waals surface area contributed by atoms with Crippen LogP contribution in [0.4, 0.5) is 5.69 Å². The van der Waals surface area contributed by atoms with Crippen LogP contribution in [-0.2, 0) is 4.79 Å². The molecule has 98 valence electrons. The standard InChI is InChI=1S/C12H14BrClN2OS/c13-12-10(6-9(14)7-15-12)16-11(17)5-8-1-3-18-4-2-8/h6-8H,1-5H2,(H,16,17). The van der Waals surface area contributed by atoms with Crippen molar-refractivity contribution >= 4 is 50.9 Å². The van der Waals surface area contributed by atoms with Gasteiger partial charge in [-0.1, -0.05) is 11.6 Å². The first-order valence-electron chi connectivity index (χ1n) is 5.84. The predicted molar refractivity (Wildman–Crippen MR) is 80.2 cm³/mol. The molecule has 1 fully saturated rings. The van der Waals surface area contributed by atoms with Crippen molar-refractivity contribution in [2.45, 2.75) is 19.3 Å². The van der Waals surface area contributed by atoms with Gasteiger partial charge in [-0.05, 0) is 52.3 Å². The maximum Gasteiger partial charge on any atom is 0.224 e. The number of nitrogens with one attached hydrogen (secondary N) is 1. The number of thioether (sulfide) groups is 1. The highest BCUT2D eigenvalue weighted by molar-refractivity contribution is 9.10. The van der Waals surface area contributed by atoms with Crippen LogP contribution >= 0.6 is 39.3 Å². The molecule has 1 saturated heterocycles. The Balaban J connectivity index is 1.92. The molecule has 2 heterocycles. The van der Waals surface area contributed by atoms with Crippen molar-refractivity contribution in [3.05, 3.63) is 21.9 Å². The number of amides is 1. The molecule has 0 bridgehead atoms. The Morgan fingerprint density at radius 3 is 3.00 bits per heavy atom. The van der Waals surface area contributed by atoms with Crippen molar-refractivity contribution < 1.29 is 4.79 Å². The van der Waals surface area contributed by atoms with Crippen LogP contribution in [0.3, 0.4) is 0 Å². The van der Waals surface area contributed by atoms with Crippen molar-refractivity contribution in [1.82, 2.24) is 4.98 Å². The van der Waals surface area contributed by atoms with Gasteiger partial charge >= 0.3 is 0 Å². The summed E-state index contributed by atoms with van der Waals surface area (Å²) in [6, 6.07) is 1.70. The monoisotopic (exact) mass is 348 g/mol. The SMILES string of the molecule is O=C(CC1CCSCC1)Nc1cc(Cl)cnc1Br. The summed E-state index contributed by atoms with van der Waals surface area (Å²) < 4.78 is 0.611. The van der Waals surface area contributed by atoms with Gasteiger partial charge in [0.1, 0.15) is 4.60 Å². The summed E-state index contributed by atoms with van der Waals surface area (Å²) in [7, 11) is 0. The highest BCUT2D eigenvalue weighted by Crippen LogP contribution is 2.27. The zero-order chi connectivity index (χ0) is 13.0. The lowest BCUT2D eigenvalue weighted by Gasteiger charge is -2.20. The Labute approximate surface area is 124 Å². The third-order valence-corrected chi connectivity index (χ3v) is 4.78. The number of hydrogen-bond acceptors (Lipinski definition) is 3. The van der Waals surface area contributed by atoms with Gasteiger partial charge in [0, 0.05) is 12.6 Å². The highest BCUT2D eigenvalue weighted by Gasteiger charge is 2.18. The van der Waals surface area contributed by atoms with Gasteiger partial charge in [0.15, 0.2) is 0 Å². The van der Waals surface area contributed by atoms with Crippen LogP contribution in [0.25, 0.3) is 0 Å². The Kier molecular flexibility index (Phi) is 5.33. The van der Waals surface area contributed by atoms with Crippen molar-refractivity contribution in [2.75, 3.05) is 16.8 Å². The topological polar surface area (TPSA) is 42.0 Å². The molecule has 2 rings (SSSR count). The largest absolute Gasteiger partial charge is 0.324 e. The summed E-state index contributed by atoms with van der Waals surface area (Å²) in [6.07, 6.45) is 4.39. The second-order valence-corrected chi connectivity index (χ2v) is 6.71. The van der Waals surface area contributed by atoms with Gasteiger partial charge in [0.2, 0.25) is 5.91 Å². The second-order valence-electron chi connectivity index (χ2n) is 4.30. The van der Waals surface area contributed by atoms with Gasteiger partial charge in [-0.3, -0.25) is 4.79 Å². The van der Waals surface area contributed by atoms with E-state index in [4.69, 9.17) is 11.6 Å². The molecule has 1 aliphatic heterocycles. The van der Waals surface area contributed by atoms with Crippen molar-refractivity contribution in [2.24, 2.45) is 5.92 Å². The average Bonchev–Trinajstić information content (AvgIpc) is 2.35. The fourth-order valence-electron chi connectivity index (χ4n) is 1.92. The van der Waals surface area contributed by atoms with Gasteiger partial charge in [-0.2, -0.15) is 11.8 Å². The third-order valence-electron chi connectivity index (χ3n) is 2.89. The minimum absolute atomic E-state index is 0.0386. The first kappa shape index (κ1) is 14.2. The molecular weight excluding hydrogens is 336 g/mol. The molecule has 1 amide bonds. The summed E-state index contributed by atoms with van der Waals surface area (Å²) >= 11 is 11.1. The van der Waals surface area contributed by atoms with E-state index in [0.29, 0.717) is 27.7 Å². The minimum Gasteiger partial charge on any atom is -0.324 e. The summed E-state index contributed by atoms with van der Waals surface area (Å²) in [5.41, 5.74) is 0.637. The van der Waals surface area contributed by atoms with E-state index in [0.717, 1.165) is 12.8 Å². The number of pyridine rings is 1. The van der Waals surface area contributed by atoms with Gasteiger partial charge in [0.25, 0.3) is 0 Å². The predicted octanol–water partition coefficient (Wildman–Crippen LogP) is 3.97. The number of carbonyl (C=O) groups is 1. The van der Waals surface area contributed by atoms with Crippen molar-refractivity contribution in [3.63, 3.8) is 0 Å². The molecule has 3 nitrogen and oxygen atoms in total. The molecule has 1 N–H and O–H groups in total. The summed E-state index contributed by atoms with van der Waals surface area (Å²) in [4.78, 5) is 16.0. The third kappa shape index (κ3) is 4.14. The normalized spacial score (nSPS) is 16.6. The average molecular weight is 350 g/mol. The summed E-state index contributed by atoms with van der Waals surface area (Å²) in [5, 5.41) is 3.38. The number of rotatable bonds is 3. The van der Waals surface area contributed by atoms with Crippen LogP contribution in [0, 0.1) is 5.92 Å². The van der Waals surface area contributed by atoms with Crippen LogP contribution in [0.15, 0.2) is 16.9 Å². The molecule has 0 radical (unpaired) electrons. The smallest absolute Gasteiger partial charge is 0.224 e. The first-order valence-corrected chi connectivity index (χ1v) is 8.16. The van der Waals surface area contributed by atoms with E-state index in [9.17, 15) is 4.79 Å². The summed E-state index contributed by atoms with van der Waals surface area (Å²) in [5.74, 6) is 2.88. The maximum atomic E-state index is 11.9. The summed E-state index contributed by atoms with van der Waals surface area (Å²) in [6.45, 7) is 0. The lowest BCUT2D eigenvalue weighted by molar-refractivity contribution is -0.117. The Bertz CT molecular complexity index is 438. The van der Waals surface area contributed by atoms with E-state index in [-0.39, 0.29) is 5.91 Å². The number of anilines is 1. The van der Waals surface area contributed by atoms with Crippen LogP contribution < -0.4 is 5.32 Å². The van der Waals surface area contributed by atoms with Crippen LogP contribution in [0.5, 0.6) is 0 Å². The number of carbonyl (C=O) groups excluding carboxylic acids is 1. The lowest BCUT2D eigenvalue weighted by Crippen LogP contribution is -2.19. The number of nitrogens with zero attached hydrogens (tertiary/aromatic N) is 1. The molecule has 1 aliphatic rings. The van der Waals surface area contributed by atoms with Gasteiger partial charge < -0.3 is 5.32 Å². The van der Waals surface area contributed by atoms with Crippen molar-refractivity contribution in [1.29, 1.82) is 0 Å².